The highest BCUT2D eigenvalue weighted by molar-refractivity contribution is 5.17. The van der Waals surface area contributed by atoms with Crippen molar-refractivity contribution in [1.82, 2.24) is 4.90 Å². The van der Waals surface area contributed by atoms with E-state index in [4.69, 9.17) is 5.73 Å². The molecule has 0 aliphatic heterocycles. The lowest BCUT2D eigenvalue weighted by Gasteiger charge is -2.32. The largest absolute Gasteiger partial charge is 0.327 e. The highest BCUT2D eigenvalue weighted by atomic mass is 19.1. The van der Waals surface area contributed by atoms with E-state index in [0.29, 0.717) is 18.5 Å². The first-order valence-corrected chi connectivity index (χ1v) is 6.84. The summed E-state index contributed by atoms with van der Waals surface area (Å²) in [7, 11) is 2.05. The molecule has 1 aromatic rings. The molecule has 0 heterocycles. The summed E-state index contributed by atoms with van der Waals surface area (Å²) in [6.07, 6.45) is 4.89. The van der Waals surface area contributed by atoms with Crippen LogP contribution in [-0.2, 0) is 6.54 Å². The summed E-state index contributed by atoms with van der Waals surface area (Å²) >= 11 is 0. The van der Waals surface area contributed by atoms with Gasteiger partial charge in [0.05, 0.1) is 0 Å². The maximum absolute atomic E-state index is 13.6. The number of hydrogen-bond acceptors (Lipinski definition) is 2. The minimum Gasteiger partial charge on any atom is -0.327 e. The van der Waals surface area contributed by atoms with Crippen molar-refractivity contribution < 1.29 is 4.39 Å². The van der Waals surface area contributed by atoms with Crippen LogP contribution in [-0.4, -0.2) is 24.5 Å². The van der Waals surface area contributed by atoms with Gasteiger partial charge in [-0.2, -0.15) is 0 Å². The monoisotopic (exact) mass is 250 g/mol. The van der Waals surface area contributed by atoms with Gasteiger partial charge in [0, 0.05) is 24.7 Å². The summed E-state index contributed by atoms with van der Waals surface area (Å²) in [5.41, 5.74) is 6.92. The zero-order valence-corrected chi connectivity index (χ0v) is 11.1. The molecule has 0 radical (unpaired) electrons. The number of halogens is 1. The SMILES string of the molecule is CN(Cc1ccccc1F)CC1CCCCC1N. The summed E-state index contributed by atoms with van der Waals surface area (Å²) < 4.78 is 13.6. The Morgan fingerprint density at radius 2 is 2.00 bits per heavy atom. The van der Waals surface area contributed by atoms with E-state index in [9.17, 15) is 4.39 Å². The molecule has 1 fully saturated rings. The van der Waals surface area contributed by atoms with Gasteiger partial charge < -0.3 is 10.6 Å². The van der Waals surface area contributed by atoms with E-state index >= 15 is 0 Å². The van der Waals surface area contributed by atoms with E-state index in [0.717, 1.165) is 18.5 Å². The number of hydrogen-bond donors (Lipinski definition) is 1. The molecular weight excluding hydrogens is 227 g/mol. The van der Waals surface area contributed by atoms with Crippen molar-refractivity contribution in [1.29, 1.82) is 0 Å². The van der Waals surface area contributed by atoms with Crippen molar-refractivity contribution in [2.45, 2.75) is 38.3 Å². The Bertz CT molecular complexity index is 381. The molecule has 2 nitrogen and oxygen atoms in total. The zero-order valence-electron chi connectivity index (χ0n) is 11.1. The van der Waals surface area contributed by atoms with E-state index in [2.05, 4.69) is 4.90 Å². The molecule has 18 heavy (non-hydrogen) atoms. The van der Waals surface area contributed by atoms with Crippen molar-refractivity contribution >= 4 is 0 Å². The second-order valence-corrected chi connectivity index (χ2v) is 5.50. The van der Waals surface area contributed by atoms with Crippen molar-refractivity contribution in [3.8, 4) is 0 Å². The number of nitrogens with two attached hydrogens (primary N) is 1. The smallest absolute Gasteiger partial charge is 0.127 e. The maximum Gasteiger partial charge on any atom is 0.127 e. The molecule has 1 aromatic carbocycles. The van der Waals surface area contributed by atoms with Crippen LogP contribution in [0.1, 0.15) is 31.2 Å². The molecule has 0 amide bonds. The Morgan fingerprint density at radius 3 is 2.72 bits per heavy atom. The van der Waals surface area contributed by atoms with Crippen LogP contribution in [0.4, 0.5) is 4.39 Å². The number of nitrogens with zero attached hydrogens (tertiary/aromatic N) is 1. The standard InChI is InChI=1S/C15H23FN2/c1-18(10-12-6-2-4-8-14(12)16)11-13-7-3-5-9-15(13)17/h2,4,6,8,13,15H,3,5,7,9-11,17H2,1H3. The third-order valence-corrected chi connectivity index (χ3v) is 3.91. The van der Waals surface area contributed by atoms with Crippen LogP contribution in [0.25, 0.3) is 0 Å². The molecule has 2 unspecified atom stereocenters. The van der Waals surface area contributed by atoms with Crippen molar-refractivity contribution in [2.24, 2.45) is 11.7 Å². The van der Waals surface area contributed by atoms with Crippen LogP contribution in [0.5, 0.6) is 0 Å². The fourth-order valence-corrected chi connectivity index (χ4v) is 2.85. The molecule has 0 aromatic heterocycles. The lowest BCUT2D eigenvalue weighted by molar-refractivity contribution is 0.205. The average Bonchev–Trinajstić information content (AvgIpc) is 2.35. The molecule has 1 saturated carbocycles. The second kappa shape index (κ2) is 6.30. The summed E-state index contributed by atoms with van der Waals surface area (Å²) in [6, 6.07) is 7.32. The molecule has 2 rings (SSSR count). The maximum atomic E-state index is 13.6. The molecule has 0 bridgehead atoms. The van der Waals surface area contributed by atoms with Gasteiger partial charge in [0.15, 0.2) is 0 Å². The first-order chi connectivity index (χ1) is 8.66. The van der Waals surface area contributed by atoms with Gasteiger partial charge in [-0.15, -0.1) is 0 Å². The van der Waals surface area contributed by atoms with Gasteiger partial charge in [-0.1, -0.05) is 31.0 Å². The zero-order chi connectivity index (χ0) is 13.0. The molecule has 1 aliphatic carbocycles. The Hall–Kier alpha value is -0.930. The van der Waals surface area contributed by atoms with Crippen LogP contribution < -0.4 is 5.73 Å². The van der Waals surface area contributed by atoms with Gasteiger partial charge in [-0.3, -0.25) is 0 Å². The van der Waals surface area contributed by atoms with E-state index in [1.165, 1.54) is 25.3 Å². The first kappa shape index (κ1) is 13.5. The number of rotatable bonds is 4. The van der Waals surface area contributed by atoms with Crippen molar-refractivity contribution in [2.75, 3.05) is 13.6 Å². The Labute approximate surface area is 109 Å². The Morgan fingerprint density at radius 1 is 1.28 bits per heavy atom. The van der Waals surface area contributed by atoms with Gasteiger partial charge in [0.2, 0.25) is 0 Å². The topological polar surface area (TPSA) is 29.3 Å². The molecular formula is C15H23FN2. The minimum atomic E-state index is -0.114. The molecule has 2 atom stereocenters. The molecule has 2 N–H and O–H groups in total. The molecule has 3 heteroatoms. The fraction of sp³-hybridized carbons (Fsp3) is 0.600. The van der Waals surface area contributed by atoms with Gasteiger partial charge in [-0.25, -0.2) is 4.39 Å². The predicted octanol–water partition coefficient (Wildman–Crippen LogP) is 2.78. The summed E-state index contributed by atoms with van der Waals surface area (Å²) in [6.45, 7) is 1.63. The average molecular weight is 250 g/mol. The fourth-order valence-electron chi connectivity index (χ4n) is 2.85. The van der Waals surface area contributed by atoms with Crippen LogP contribution in [0, 0.1) is 11.7 Å². The number of benzene rings is 1. The van der Waals surface area contributed by atoms with Crippen molar-refractivity contribution in [3.05, 3.63) is 35.6 Å². The van der Waals surface area contributed by atoms with Crippen LogP contribution in [0.2, 0.25) is 0 Å². The van der Waals surface area contributed by atoms with Crippen LogP contribution in [0.3, 0.4) is 0 Å². The first-order valence-electron chi connectivity index (χ1n) is 6.84. The third kappa shape index (κ3) is 3.53. The normalized spacial score (nSPS) is 24.4. The van der Waals surface area contributed by atoms with Gasteiger partial charge in [-0.05, 0) is 31.9 Å². The molecule has 100 valence electrons. The molecule has 1 aliphatic rings. The van der Waals surface area contributed by atoms with Crippen molar-refractivity contribution in [3.63, 3.8) is 0 Å². The summed E-state index contributed by atoms with van der Waals surface area (Å²) in [5, 5.41) is 0. The molecule has 0 spiro atoms. The van der Waals surface area contributed by atoms with E-state index in [1.807, 2.05) is 19.2 Å². The van der Waals surface area contributed by atoms with Crippen LogP contribution in [0.15, 0.2) is 24.3 Å². The van der Waals surface area contributed by atoms with Gasteiger partial charge in [0.1, 0.15) is 5.82 Å². The molecule has 0 saturated heterocycles. The van der Waals surface area contributed by atoms with Gasteiger partial charge in [0.25, 0.3) is 0 Å². The second-order valence-electron chi connectivity index (χ2n) is 5.50. The quantitative estimate of drug-likeness (QED) is 0.890. The lowest BCUT2D eigenvalue weighted by Crippen LogP contribution is -2.39. The highest BCUT2D eigenvalue weighted by Gasteiger charge is 2.23. The van der Waals surface area contributed by atoms with Crippen LogP contribution >= 0.6 is 0 Å². The van der Waals surface area contributed by atoms with E-state index in [1.54, 1.807) is 6.07 Å². The highest BCUT2D eigenvalue weighted by Crippen LogP contribution is 2.24. The van der Waals surface area contributed by atoms with Gasteiger partial charge >= 0.3 is 0 Å². The Balaban J connectivity index is 1.88. The minimum absolute atomic E-state index is 0.114. The third-order valence-electron chi connectivity index (χ3n) is 3.91. The summed E-state index contributed by atoms with van der Waals surface area (Å²) in [5.74, 6) is 0.452. The van der Waals surface area contributed by atoms with E-state index in [-0.39, 0.29) is 5.82 Å². The van der Waals surface area contributed by atoms with E-state index < -0.39 is 0 Å². The predicted molar refractivity (Wildman–Crippen MR) is 72.7 cm³/mol. The summed E-state index contributed by atoms with van der Waals surface area (Å²) in [4.78, 5) is 2.19. The Kier molecular flexibility index (Phi) is 4.72. The lowest BCUT2D eigenvalue weighted by atomic mass is 9.85.